The van der Waals surface area contributed by atoms with Crippen LogP contribution in [0.4, 0.5) is 99.7 Å². The van der Waals surface area contributed by atoms with E-state index in [4.69, 9.17) is 52.8 Å². The maximum Gasteiger partial charge on any atom is 0.405 e. The van der Waals surface area contributed by atoms with E-state index < -0.39 is 98.7 Å². The summed E-state index contributed by atoms with van der Waals surface area (Å²) in [7, 11) is 0. The molecule has 8 aromatic heterocycles. The lowest BCUT2D eigenvalue weighted by molar-refractivity contribution is -0.159. The second-order valence-corrected chi connectivity index (χ2v) is 43.1. The van der Waals surface area contributed by atoms with Gasteiger partial charge in [0.05, 0.1) is 161 Å². The van der Waals surface area contributed by atoms with Crippen molar-refractivity contribution in [3.8, 4) is 42.3 Å². The number of ether oxygens (including phenoxy) is 8. The Balaban J connectivity index is 0.000000129. The third-order valence-electron chi connectivity index (χ3n) is 26.5. The average molecular weight is 2130 g/mol. The number of hydrogen-bond donors (Lipinski definition) is 11. The summed E-state index contributed by atoms with van der Waals surface area (Å²) in [6.45, 7) is 20.2. The highest BCUT2D eigenvalue weighted by atomic mass is 32.1. The second-order valence-electron chi connectivity index (χ2n) is 39.0. The molecule has 21 rings (SSSR count). The molecule has 4 aromatic carbocycles. The lowest BCUT2D eigenvalue weighted by atomic mass is 10.0. The number of fused-ring (bicyclic) bond motifs is 7. The molecule has 0 spiro atoms. The lowest BCUT2D eigenvalue weighted by Gasteiger charge is -2.31. The summed E-state index contributed by atoms with van der Waals surface area (Å²) in [6.07, 6.45) is -18.5. The number of aliphatic hydroxyl groups excluding tert-OH is 3. The number of anilines is 8. The molecule has 147 heavy (non-hydrogen) atoms. The van der Waals surface area contributed by atoms with Crippen molar-refractivity contribution in [1.29, 1.82) is 0 Å². The minimum absolute atomic E-state index is 0.0648. The van der Waals surface area contributed by atoms with Gasteiger partial charge in [-0.2, -0.15) is 72.6 Å². The number of hydrogen-bond acceptors (Lipinski definition) is 38. The fourth-order valence-corrected chi connectivity index (χ4v) is 24.4. The van der Waals surface area contributed by atoms with Gasteiger partial charge < -0.3 is 101 Å². The molecule has 4 saturated carbocycles. The van der Waals surface area contributed by atoms with E-state index in [1.807, 2.05) is 125 Å². The summed E-state index contributed by atoms with van der Waals surface area (Å²) in [5.74, 6) is -2.08. The minimum atomic E-state index is -4.44. The Bertz CT molecular complexity index is 6520. The lowest BCUT2D eigenvalue weighted by Crippen LogP contribution is -2.42. The van der Waals surface area contributed by atoms with E-state index in [0.717, 1.165) is 86.3 Å². The standard InChI is InChI=1S/C27H33F3N6O3S.C24H29F3N6O3S.C23H26F3N5O3S.C23H24F3N5O3S/c1-15-20(24-34-17-6-4-5-7-19(17)40-24)23(35-25(32-15)31-14-27(28,29)30)33-18-12-16(13-36-8-10-37-11-9-36)21-22(18)39-26(2,3)38-21;1-13-18(22-31-15-4-2-3-5-17(15)37-22)21(32-23(29-13)28-12-24(25,26)27)30-16-10-14(19(34)20(16)35)11-33-6-8-36-9-7-33;2*1-11-16(20-30-13-6-4-5-7-15(13)35-20)19(31-21(28-11)27-10-23(24,25)26)29-14-8-12(9-32)17-18(14)34-22(2,3)33-17/h4-7,16,18,21-22H,8-14H2,1-3H3,(H2,31,32,33,35);2-5,14,16,19-20,34-35H,6-12H2,1H3,(H2,28,29,30,32);4-7,12,14,17-18,32H,8-10H2,1-3H3,(H2,27,28,29,31);4-7,9,12,14,17-18H,8,10H2,1-3H3,(H2,27,28,29,31)/t16-,18-,21-,22+;14-,16-,19-,20+;2*12-,14-,17-,18+/m1111/s1. The molecule has 0 radical (unpaired) electrons. The first-order chi connectivity index (χ1) is 69.8. The number of nitrogens with one attached hydrogen (secondary N) is 8. The van der Waals surface area contributed by atoms with E-state index in [-0.39, 0.29) is 102 Å². The molecule has 0 amide bonds. The summed E-state index contributed by atoms with van der Waals surface area (Å²) >= 11 is 5.82. The number of aliphatic hydroxyl groups is 3. The van der Waals surface area contributed by atoms with Crippen molar-refractivity contribution in [2.24, 2.45) is 23.7 Å². The maximum atomic E-state index is 13.0. The molecule has 0 bridgehead atoms. The van der Waals surface area contributed by atoms with Gasteiger partial charge in [0, 0.05) is 69.5 Å². The number of carbonyl (C=O) groups is 1. The molecule has 5 aliphatic heterocycles. The van der Waals surface area contributed by atoms with Gasteiger partial charge in [0.15, 0.2) is 17.4 Å². The van der Waals surface area contributed by atoms with Crippen LogP contribution in [0.25, 0.3) is 83.2 Å². The molecule has 0 unspecified atom stereocenters. The van der Waals surface area contributed by atoms with Gasteiger partial charge >= 0.3 is 24.7 Å². The summed E-state index contributed by atoms with van der Waals surface area (Å²) in [5.41, 5.74) is 7.60. The molecule has 16 atom stereocenters. The number of aryl methyl sites for hydroxylation is 4. The van der Waals surface area contributed by atoms with Crippen LogP contribution < -0.4 is 42.5 Å². The van der Waals surface area contributed by atoms with E-state index in [1.165, 1.54) is 45.3 Å². The Hall–Kier alpha value is -10.5. The topological polar surface area (TPSA) is 409 Å². The summed E-state index contributed by atoms with van der Waals surface area (Å²) in [5, 5.41) is 56.8. The Morgan fingerprint density at radius 3 is 0.946 bits per heavy atom. The molecular formula is C97H112F12N22O12S4. The van der Waals surface area contributed by atoms with Gasteiger partial charge in [-0.3, -0.25) is 9.80 Å². The van der Waals surface area contributed by atoms with Crippen LogP contribution in [0.5, 0.6) is 0 Å². The smallest absolute Gasteiger partial charge is 0.396 e. The van der Waals surface area contributed by atoms with Gasteiger partial charge in [-0.1, -0.05) is 48.5 Å². The van der Waals surface area contributed by atoms with Crippen LogP contribution >= 0.6 is 45.3 Å². The number of para-hydroxylation sites is 4. The quantitative estimate of drug-likeness (QED) is 0.0177. The van der Waals surface area contributed by atoms with Crippen molar-refractivity contribution in [2.45, 2.75) is 210 Å². The van der Waals surface area contributed by atoms with Crippen LogP contribution in [0.3, 0.4) is 0 Å². The molecule has 9 fully saturated rings. The first kappa shape index (κ1) is 106. The number of thiazole rings is 4. The zero-order chi connectivity index (χ0) is 104. The molecule has 13 heterocycles. The number of aromatic nitrogens is 12. The predicted molar refractivity (Wildman–Crippen MR) is 533 cm³/mol. The monoisotopic (exact) mass is 2130 g/mol. The number of halogens is 12. The number of alkyl halides is 12. The van der Waals surface area contributed by atoms with Crippen LogP contribution in [0.1, 0.15) is 90.0 Å². The van der Waals surface area contributed by atoms with Crippen LogP contribution in [-0.4, -0.2) is 305 Å². The second kappa shape index (κ2) is 43.4. The molecule has 9 aliphatic rings. The Morgan fingerprint density at radius 1 is 0.361 bits per heavy atom. The highest BCUT2D eigenvalue weighted by Gasteiger charge is 2.58. The maximum absolute atomic E-state index is 13.0. The average Bonchev–Trinajstić information content (AvgIpc) is 1.59. The van der Waals surface area contributed by atoms with Crippen molar-refractivity contribution in [3.63, 3.8) is 0 Å². The first-order valence-electron chi connectivity index (χ1n) is 48.1. The number of carbonyl (C=O) groups excluding carboxylic acids is 1. The van der Waals surface area contributed by atoms with Gasteiger partial charge in [0.25, 0.3) is 0 Å². The largest absolute Gasteiger partial charge is 0.405 e. The van der Waals surface area contributed by atoms with Gasteiger partial charge in [-0.25, -0.2) is 39.9 Å². The number of benzene rings is 4. The molecule has 34 nitrogen and oxygen atoms in total. The number of aldehydes is 1. The highest BCUT2D eigenvalue weighted by molar-refractivity contribution is 7.22. The molecular weight excluding hydrogens is 2020 g/mol. The third kappa shape index (κ3) is 25.5. The molecule has 11 N–H and O–H groups in total. The van der Waals surface area contributed by atoms with Gasteiger partial charge in [0.1, 0.15) is 100 Å². The van der Waals surface area contributed by atoms with Crippen molar-refractivity contribution in [2.75, 3.05) is 141 Å². The van der Waals surface area contributed by atoms with Crippen molar-refractivity contribution in [3.05, 3.63) is 120 Å². The zero-order valence-corrected chi connectivity index (χ0v) is 84.7. The number of rotatable bonds is 26. The van der Waals surface area contributed by atoms with Crippen LogP contribution in [-0.2, 0) is 42.7 Å². The Morgan fingerprint density at radius 2 is 0.633 bits per heavy atom. The summed E-state index contributed by atoms with van der Waals surface area (Å²) in [6, 6.07) is 29.3. The Labute approximate surface area is 851 Å². The van der Waals surface area contributed by atoms with Crippen molar-refractivity contribution in [1.82, 2.24) is 69.6 Å². The van der Waals surface area contributed by atoms with Crippen LogP contribution in [0.2, 0.25) is 0 Å². The van der Waals surface area contributed by atoms with E-state index in [0.29, 0.717) is 135 Å². The summed E-state index contributed by atoms with van der Waals surface area (Å²) in [4.78, 5) is 70.1. The van der Waals surface area contributed by atoms with Crippen LogP contribution in [0.15, 0.2) is 97.1 Å². The normalized spacial score (nSPS) is 25.8. The summed E-state index contributed by atoms with van der Waals surface area (Å²) < 4.78 is 206. The first-order valence-corrected chi connectivity index (χ1v) is 51.4. The SMILES string of the molecule is Cc1nc(NCC(F)(F)F)nc(N[C@@H]2C[C@H](C=O)[C@H]3OC(C)(C)O[C@H]32)c1-c1nc2ccccc2s1.Cc1nc(NCC(F)(F)F)nc(N[C@@H]2C[C@H](CN3CCOCC3)[C@@H](O)[C@H]2O)c1-c1nc2ccccc2s1.Cc1nc(NCC(F)(F)F)nc(N[C@@H]2C[C@H](CN3CCOCC3)[C@H]3OC(C)(C)O[C@H]32)c1-c1nc2ccccc2s1.Cc1nc(NCC(F)(F)F)nc(N[C@@H]2C[C@H](CO)[C@H]3OC(C)(C)O[C@H]32)c1-c1nc2ccccc2s1. The van der Waals surface area contributed by atoms with Crippen LogP contribution in [0, 0.1) is 51.4 Å². The molecule has 5 saturated heterocycles. The van der Waals surface area contributed by atoms with Gasteiger partial charge in [0.2, 0.25) is 23.8 Å². The molecule has 50 heteroatoms. The van der Waals surface area contributed by atoms with E-state index in [9.17, 15) is 72.8 Å². The Kier molecular flexibility index (Phi) is 31.4. The van der Waals surface area contributed by atoms with Crippen molar-refractivity contribution >= 4 is 140 Å². The molecule has 790 valence electrons. The minimum Gasteiger partial charge on any atom is -0.396 e. The van der Waals surface area contributed by atoms with E-state index in [1.54, 1.807) is 41.5 Å². The van der Waals surface area contributed by atoms with Crippen molar-refractivity contribution < 1.29 is 111 Å². The molecule has 12 aromatic rings. The predicted octanol–water partition coefficient (Wildman–Crippen LogP) is 16.5. The fraction of sp³-hybridized carbons (Fsp3) is 0.536. The zero-order valence-electron chi connectivity index (χ0n) is 81.4. The van der Waals surface area contributed by atoms with Gasteiger partial charge in [-0.15, -0.1) is 45.3 Å². The number of nitrogens with zero attached hydrogens (tertiary/aromatic N) is 14. The molecule has 4 aliphatic carbocycles. The van der Waals surface area contributed by atoms with E-state index in [2.05, 4.69) is 97.2 Å². The van der Waals surface area contributed by atoms with E-state index >= 15 is 0 Å². The third-order valence-corrected chi connectivity index (χ3v) is 30.8. The number of morpholine rings is 2. The van der Waals surface area contributed by atoms with Gasteiger partial charge in [-0.05, 0) is 143 Å². The highest BCUT2D eigenvalue weighted by Crippen LogP contribution is 2.51. The fourth-order valence-electron chi connectivity index (χ4n) is 20.2.